The Balaban J connectivity index is 2.53. The van der Waals surface area contributed by atoms with Gasteiger partial charge in [-0.2, -0.15) is 5.26 Å². The topological polar surface area (TPSA) is 61.8 Å². The van der Waals surface area contributed by atoms with Crippen LogP contribution >= 0.6 is 0 Å². The summed E-state index contributed by atoms with van der Waals surface area (Å²) in [5.41, 5.74) is 0.642. The van der Waals surface area contributed by atoms with Crippen molar-refractivity contribution in [3.63, 3.8) is 0 Å². The highest BCUT2D eigenvalue weighted by molar-refractivity contribution is 4.94. The van der Waals surface area contributed by atoms with Gasteiger partial charge in [-0.05, 0) is 0 Å². The van der Waals surface area contributed by atoms with E-state index in [2.05, 4.69) is 4.98 Å². The van der Waals surface area contributed by atoms with Gasteiger partial charge in [0.05, 0.1) is 31.1 Å². The van der Waals surface area contributed by atoms with Gasteiger partial charge in [0, 0.05) is 12.7 Å². The van der Waals surface area contributed by atoms with Gasteiger partial charge in [-0.3, -0.25) is 0 Å². The van der Waals surface area contributed by atoms with Crippen molar-refractivity contribution in [3.8, 4) is 6.07 Å². The molecule has 0 atom stereocenters. The number of aryl methyl sites for hydroxylation is 1. The molecule has 0 radical (unpaired) electrons. The first-order chi connectivity index (χ1) is 5.36. The molecular formula is C7H9N3O. The molecule has 1 N–H and O–H groups in total. The van der Waals surface area contributed by atoms with Crippen LogP contribution in [0.15, 0.2) is 12.5 Å². The van der Waals surface area contributed by atoms with Gasteiger partial charge in [0.2, 0.25) is 0 Å². The van der Waals surface area contributed by atoms with Crippen LogP contribution in [-0.2, 0) is 13.2 Å². The van der Waals surface area contributed by atoms with Crippen LogP contribution in [0.5, 0.6) is 0 Å². The summed E-state index contributed by atoms with van der Waals surface area (Å²) in [6, 6.07) is 2.03. The Labute approximate surface area is 64.7 Å². The number of imidazole rings is 1. The quantitative estimate of drug-likeness (QED) is 0.675. The molecule has 0 saturated carbocycles. The molecule has 0 bridgehead atoms. The van der Waals surface area contributed by atoms with Gasteiger partial charge in [-0.1, -0.05) is 0 Å². The maximum absolute atomic E-state index is 8.64. The number of aliphatic hydroxyl groups excluding tert-OH is 1. The lowest BCUT2D eigenvalue weighted by Gasteiger charge is -1.93. The molecule has 4 nitrogen and oxygen atoms in total. The van der Waals surface area contributed by atoms with Gasteiger partial charge >= 0.3 is 0 Å². The molecule has 0 aliphatic heterocycles. The molecule has 0 amide bonds. The van der Waals surface area contributed by atoms with Crippen molar-refractivity contribution in [1.29, 1.82) is 5.26 Å². The highest BCUT2D eigenvalue weighted by Crippen LogP contribution is 1.96. The highest BCUT2D eigenvalue weighted by atomic mass is 16.3. The normalized spacial score (nSPS) is 9.45. The lowest BCUT2D eigenvalue weighted by molar-refractivity contribution is 0.277. The van der Waals surface area contributed by atoms with Crippen molar-refractivity contribution in [2.75, 3.05) is 0 Å². The first-order valence-corrected chi connectivity index (χ1v) is 3.35. The van der Waals surface area contributed by atoms with E-state index in [1.54, 1.807) is 17.1 Å². The standard InChI is InChI=1S/C7H9N3O/c8-2-1-3-10-4-7(5-11)9-6-10/h4,6,11H,1,3,5H2. The van der Waals surface area contributed by atoms with Crippen LogP contribution in [0.1, 0.15) is 12.1 Å². The minimum Gasteiger partial charge on any atom is -0.390 e. The van der Waals surface area contributed by atoms with Gasteiger partial charge in [0.1, 0.15) is 0 Å². The third-order valence-electron chi connectivity index (χ3n) is 1.33. The third kappa shape index (κ3) is 2.06. The molecule has 0 unspecified atom stereocenters. The molecule has 1 aromatic rings. The van der Waals surface area contributed by atoms with Gasteiger partial charge in [-0.25, -0.2) is 4.98 Å². The van der Waals surface area contributed by atoms with E-state index in [1.807, 2.05) is 6.07 Å². The average molecular weight is 151 g/mol. The zero-order valence-corrected chi connectivity index (χ0v) is 6.06. The number of aliphatic hydroxyl groups is 1. The Kier molecular flexibility index (Phi) is 2.64. The summed E-state index contributed by atoms with van der Waals surface area (Å²) in [5, 5.41) is 16.9. The minimum absolute atomic E-state index is 0.0421. The summed E-state index contributed by atoms with van der Waals surface area (Å²) in [5.74, 6) is 0. The van der Waals surface area contributed by atoms with Gasteiger partial charge in [-0.15, -0.1) is 0 Å². The number of rotatable bonds is 3. The SMILES string of the molecule is N#CCCn1cnc(CO)c1. The summed E-state index contributed by atoms with van der Waals surface area (Å²) in [7, 11) is 0. The Morgan fingerprint density at radius 2 is 2.55 bits per heavy atom. The van der Waals surface area contributed by atoms with E-state index in [0.717, 1.165) is 0 Å². The predicted molar refractivity (Wildman–Crippen MR) is 38.4 cm³/mol. The van der Waals surface area contributed by atoms with E-state index in [-0.39, 0.29) is 6.61 Å². The lowest BCUT2D eigenvalue weighted by Crippen LogP contribution is -1.92. The number of hydrogen-bond acceptors (Lipinski definition) is 3. The summed E-state index contributed by atoms with van der Waals surface area (Å²) < 4.78 is 1.79. The van der Waals surface area contributed by atoms with Crippen molar-refractivity contribution in [2.24, 2.45) is 0 Å². The summed E-state index contributed by atoms with van der Waals surface area (Å²) >= 11 is 0. The third-order valence-corrected chi connectivity index (χ3v) is 1.33. The second kappa shape index (κ2) is 3.74. The number of nitrogens with zero attached hydrogens (tertiary/aromatic N) is 3. The fourth-order valence-corrected chi connectivity index (χ4v) is 0.789. The fraction of sp³-hybridized carbons (Fsp3) is 0.429. The molecule has 0 aliphatic rings. The molecular weight excluding hydrogens is 142 g/mol. The van der Waals surface area contributed by atoms with Crippen molar-refractivity contribution in [2.45, 2.75) is 19.6 Å². The average Bonchev–Trinajstić information content (AvgIpc) is 2.48. The second-order valence-corrected chi connectivity index (χ2v) is 2.17. The van der Waals surface area contributed by atoms with E-state index in [4.69, 9.17) is 10.4 Å². The van der Waals surface area contributed by atoms with E-state index < -0.39 is 0 Å². The number of nitriles is 1. The van der Waals surface area contributed by atoms with E-state index in [1.165, 1.54) is 0 Å². The molecule has 0 aliphatic carbocycles. The van der Waals surface area contributed by atoms with Crippen molar-refractivity contribution in [3.05, 3.63) is 18.2 Å². The van der Waals surface area contributed by atoms with Crippen molar-refractivity contribution in [1.82, 2.24) is 9.55 Å². The largest absolute Gasteiger partial charge is 0.390 e. The van der Waals surface area contributed by atoms with Crippen molar-refractivity contribution < 1.29 is 5.11 Å². The fourth-order valence-electron chi connectivity index (χ4n) is 0.789. The molecule has 1 heterocycles. The number of hydrogen-bond donors (Lipinski definition) is 1. The van der Waals surface area contributed by atoms with Crippen LogP contribution in [-0.4, -0.2) is 14.7 Å². The van der Waals surface area contributed by atoms with Gasteiger partial charge in [0.25, 0.3) is 0 Å². The molecule has 0 aromatic carbocycles. The predicted octanol–water partition coefficient (Wildman–Crippen LogP) is 0.289. The molecule has 0 saturated heterocycles. The van der Waals surface area contributed by atoms with E-state index in [0.29, 0.717) is 18.7 Å². The molecule has 58 valence electrons. The van der Waals surface area contributed by atoms with Crippen LogP contribution < -0.4 is 0 Å². The van der Waals surface area contributed by atoms with Crippen LogP contribution in [0.25, 0.3) is 0 Å². The summed E-state index contributed by atoms with van der Waals surface area (Å²) in [4.78, 5) is 3.89. The number of aromatic nitrogens is 2. The van der Waals surface area contributed by atoms with E-state index >= 15 is 0 Å². The minimum atomic E-state index is -0.0421. The van der Waals surface area contributed by atoms with Crippen LogP contribution in [0.4, 0.5) is 0 Å². The molecule has 4 heteroatoms. The van der Waals surface area contributed by atoms with Gasteiger partial charge < -0.3 is 9.67 Å². The van der Waals surface area contributed by atoms with Crippen molar-refractivity contribution >= 4 is 0 Å². The lowest BCUT2D eigenvalue weighted by atomic mass is 10.4. The maximum atomic E-state index is 8.64. The summed E-state index contributed by atoms with van der Waals surface area (Å²) in [6.07, 6.45) is 3.82. The van der Waals surface area contributed by atoms with Crippen LogP contribution in [0.2, 0.25) is 0 Å². The Hall–Kier alpha value is -1.34. The summed E-state index contributed by atoms with van der Waals surface area (Å²) in [6.45, 7) is 0.600. The Morgan fingerprint density at radius 1 is 1.73 bits per heavy atom. The second-order valence-electron chi connectivity index (χ2n) is 2.17. The molecule has 11 heavy (non-hydrogen) atoms. The Morgan fingerprint density at radius 3 is 3.09 bits per heavy atom. The zero-order valence-electron chi connectivity index (χ0n) is 6.06. The van der Waals surface area contributed by atoms with Gasteiger partial charge in [0.15, 0.2) is 0 Å². The molecule has 0 spiro atoms. The molecule has 1 aromatic heterocycles. The first kappa shape index (κ1) is 7.76. The zero-order chi connectivity index (χ0) is 8.10. The van der Waals surface area contributed by atoms with Crippen LogP contribution in [0.3, 0.4) is 0 Å². The van der Waals surface area contributed by atoms with E-state index in [9.17, 15) is 0 Å². The monoisotopic (exact) mass is 151 g/mol. The first-order valence-electron chi connectivity index (χ1n) is 3.35. The van der Waals surface area contributed by atoms with Crippen LogP contribution in [0, 0.1) is 11.3 Å². The molecule has 1 rings (SSSR count). The molecule has 0 fully saturated rings. The Bertz CT molecular complexity index is 261. The smallest absolute Gasteiger partial charge is 0.0950 e. The maximum Gasteiger partial charge on any atom is 0.0950 e. The highest BCUT2D eigenvalue weighted by Gasteiger charge is 1.94.